The molecule has 0 radical (unpaired) electrons. The number of carbonyl (C=O) groups is 2. The molecule has 0 bridgehead atoms. The molecule has 5 nitrogen and oxygen atoms in total. The van der Waals surface area contributed by atoms with Crippen LogP contribution in [0, 0.1) is 0 Å². The second-order valence-corrected chi connectivity index (χ2v) is 6.44. The number of benzene rings is 1. The molecule has 0 atom stereocenters. The summed E-state index contributed by atoms with van der Waals surface area (Å²) in [4.78, 5) is 30.1. The van der Waals surface area contributed by atoms with E-state index in [1.165, 1.54) is 5.56 Å². The number of rotatable bonds is 7. The van der Waals surface area contributed by atoms with Crippen molar-refractivity contribution < 1.29 is 9.59 Å². The van der Waals surface area contributed by atoms with Crippen LogP contribution in [-0.2, 0) is 16.1 Å². The highest BCUT2D eigenvalue weighted by molar-refractivity contribution is 5.83. The smallest absolute Gasteiger partial charge is 0.242 e. The maximum Gasteiger partial charge on any atom is 0.242 e. The second kappa shape index (κ2) is 9.42. The maximum absolute atomic E-state index is 12.5. The molecule has 0 aliphatic carbocycles. The van der Waals surface area contributed by atoms with Gasteiger partial charge in [0, 0.05) is 46.2 Å². The van der Waals surface area contributed by atoms with E-state index in [-0.39, 0.29) is 18.4 Å². The molecule has 1 aliphatic heterocycles. The van der Waals surface area contributed by atoms with Crippen LogP contribution in [0.25, 0.3) is 0 Å². The van der Waals surface area contributed by atoms with Gasteiger partial charge >= 0.3 is 0 Å². The summed E-state index contributed by atoms with van der Waals surface area (Å²) in [6, 6.07) is 10.4. The molecule has 132 valence electrons. The molecule has 0 spiro atoms. The highest BCUT2D eigenvalue weighted by Crippen LogP contribution is 2.09. The van der Waals surface area contributed by atoms with Crippen molar-refractivity contribution in [3.8, 4) is 0 Å². The van der Waals surface area contributed by atoms with Gasteiger partial charge < -0.3 is 9.80 Å². The number of carbonyl (C=O) groups excluding carboxylic acids is 2. The van der Waals surface area contributed by atoms with Crippen molar-refractivity contribution in [2.24, 2.45) is 0 Å². The Bertz CT molecular complexity index is 525. The zero-order valence-corrected chi connectivity index (χ0v) is 14.9. The molecule has 24 heavy (non-hydrogen) atoms. The van der Waals surface area contributed by atoms with Crippen molar-refractivity contribution in [3.63, 3.8) is 0 Å². The Morgan fingerprint density at radius 1 is 1.08 bits per heavy atom. The van der Waals surface area contributed by atoms with E-state index in [2.05, 4.69) is 36.1 Å². The van der Waals surface area contributed by atoms with E-state index < -0.39 is 0 Å². The van der Waals surface area contributed by atoms with E-state index >= 15 is 0 Å². The summed E-state index contributed by atoms with van der Waals surface area (Å²) in [6.45, 7) is 8.70. The number of nitrogens with zero attached hydrogens (tertiary/aromatic N) is 3. The average molecular weight is 331 g/mol. The minimum absolute atomic E-state index is 0.0143. The first-order valence-corrected chi connectivity index (χ1v) is 8.89. The van der Waals surface area contributed by atoms with Crippen LogP contribution in [-0.4, -0.2) is 65.8 Å². The third-order valence-corrected chi connectivity index (χ3v) is 4.53. The molecule has 1 fully saturated rings. The quantitative estimate of drug-likeness (QED) is 0.767. The molecule has 1 heterocycles. The van der Waals surface area contributed by atoms with Crippen molar-refractivity contribution in [3.05, 3.63) is 35.9 Å². The third kappa shape index (κ3) is 5.64. The monoisotopic (exact) mass is 331 g/mol. The van der Waals surface area contributed by atoms with E-state index in [4.69, 9.17) is 0 Å². The van der Waals surface area contributed by atoms with E-state index in [0.717, 1.165) is 45.6 Å². The van der Waals surface area contributed by atoms with Gasteiger partial charge in [-0.25, -0.2) is 0 Å². The number of amides is 2. The Kier molecular flexibility index (Phi) is 7.25. The molecule has 1 aliphatic rings. The maximum atomic E-state index is 12.5. The summed E-state index contributed by atoms with van der Waals surface area (Å²) in [5.74, 6) is 0.0557. The Balaban J connectivity index is 1.78. The molecule has 1 aromatic rings. The first-order valence-electron chi connectivity index (χ1n) is 8.89. The number of hydrogen-bond donors (Lipinski definition) is 0. The lowest BCUT2D eigenvalue weighted by molar-refractivity contribution is -0.140. The lowest BCUT2D eigenvalue weighted by Crippen LogP contribution is -2.51. The van der Waals surface area contributed by atoms with Crippen molar-refractivity contribution in [1.29, 1.82) is 0 Å². The van der Waals surface area contributed by atoms with Crippen molar-refractivity contribution >= 4 is 11.8 Å². The molecular weight excluding hydrogens is 302 g/mol. The Labute approximate surface area is 145 Å². The van der Waals surface area contributed by atoms with Crippen molar-refractivity contribution in [2.45, 2.75) is 33.2 Å². The Morgan fingerprint density at radius 3 is 2.33 bits per heavy atom. The van der Waals surface area contributed by atoms with E-state index in [0.29, 0.717) is 6.54 Å². The first kappa shape index (κ1) is 18.5. The molecule has 0 aromatic heterocycles. The second-order valence-electron chi connectivity index (χ2n) is 6.44. The standard InChI is InChI=1S/C19H29N3O2/c1-3-4-10-22(17(2)23)16-19(24)21-13-11-20(12-14-21)15-18-8-6-5-7-9-18/h5-9H,3-4,10-16H2,1-2H3. The summed E-state index contributed by atoms with van der Waals surface area (Å²) < 4.78 is 0. The number of piperazine rings is 1. The lowest BCUT2D eigenvalue weighted by Gasteiger charge is -2.35. The zero-order valence-electron chi connectivity index (χ0n) is 14.9. The highest BCUT2D eigenvalue weighted by atomic mass is 16.2. The zero-order chi connectivity index (χ0) is 17.4. The normalized spacial score (nSPS) is 15.3. The molecule has 2 amide bonds. The van der Waals surface area contributed by atoms with Gasteiger partial charge in [0.05, 0.1) is 6.54 Å². The Hall–Kier alpha value is -1.88. The van der Waals surface area contributed by atoms with Gasteiger partial charge in [0.15, 0.2) is 0 Å². The van der Waals surface area contributed by atoms with E-state index in [9.17, 15) is 9.59 Å². The largest absolute Gasteiger partial charge is 0.339 e. The minimum Gasteiger partial charge on any atom is -0.339 e. The summed E-state index contributed by atoms with van der Waals surface area (Å²) in [6.07, 6.45) is 1.97. The molecule has 0 saturated carbocycles. The molecule has 1 saturated heterocycles. The first-order chi connectivity index (χ1) is 11.6. The van der Waals surface area contributed by atoms with Gasteiger partial charge in [-0.15, -0.1) is 0 Å². The SMILES string of the molecule is CCCCN(CC(=O)N1CCN(Cc2ccccc2)CC1)C(C)=O. The van der Waals surface area contributed by atoms with Gasteiger partial charge in [-0.3, -0.25) is 14.5 Å². The van der Waals surface area contributed by atoms with Gasteiger partial charge in [-0.1, -0.05) is 43.7 Å². The summed E-state index contributed by atoms with van der Waals surface area (Å²) in [5, 5.41) is 0. The van der Waals surface area contributed by atoms with E-state index in [1.54, 1.807) is 11.8 Å². The molecule has 2 rings (SSSR count). The Morgan fingerprint density at radius 2 is 1.75 bits per heavy atom. The minimum atomic E-state index is -0.0143. The van der Waals surface area contributed by atoms with Gasteiger partial charge in [-0.2, -0.15) is 0 Å². The van der Waals surface area contributed by atoms with Crippen LogP contribution < -0.4 is 0 Å². The molecule has 0 unspecified atom stereocenters. The fourth-order valence-corrected chi connectivity index (χ4v) is 2.96. The van der Waals surface area contributed by atoms with E-state index in [1.807, 2.05) is 11.0 Å². The van der Waals surface area contributed by atoms with Crippen LogP contribution in [0.1, 0.15) is 32.3 Å². The van der Waals surface area contributed by atoms with Crippen LogP contribution in [0.15, 0.2) is 30.3 Å². The average Bonchev–Trinajstić information content (AvgIpc) is 2.59. The summed E-state index contributed by atoms with van der Waals surface area (Å²) in [5.41, 5.74) is 1.31. The van der Waals surface area contributed by atoms with Gasteiger partial charge in [-0.05, 0) is 12.0 Å². The molecular formula is C19H29N3O2. The van der Waals surface area contributed by atoms with Gasteiger partial charge in [0.2, 0.25) is 11.8 Å². The predicted molar refractivity (Wildman–Crippen MR) is 95.5 cm³/mol. The van der Waals surface area contributed by atoms with Crippen LogP contribution in [0.4, 0.5) is 0 Å². The van der Waals surface area contributed by atoms with Crippen LogP contribution >= 0.6 is 0 Å². The predicted octanol–water partition coefficient (Wildman–Crippen LogP) is 1.98. The van der Waals surface area contributed by atoms with Crippen molar-refractivity contribution in [2.75, 3.05) is 39.3 Å². The fraction of sp³-hybridized carbons (Fsp3) is 0.579. The molecule has 0 N–H and O–H groups in total. The van der Waals surface area contributed by atoms with Gasteiger partial charge in [0.25, 0.3) is 0 Å². The molecule has 5 heteroatoms. The summed E-state index contributed by atoms with van der Waals surface area (Å²) >= 11 is 0. The topological polar surface area (TPSA) is 43.9 Å². The highest BCUT2D eigenvalue weighted by Gasteiger charge is 2.23. The number of hydrogen-bond acceptors (Lipinski definition) is 3. The van der Waals surface area contributed by atoms with Crippen LogP contribution in [0.3, 0.4) is 0 Å². The lowest BCUT2D eigenvalue weighted by atomic mass is 10.2. The van der Waals surface area contributed by atoms with Gasteiger partial charge in [0.1, 0.15) is 0 Å². The van der Waals surface area contributed by atoms with Crippen LogP contribution in [0.2, 0.25) is 0 Å². The molecule has 1 aromatic carbocycles. The third-order valence-electron chi connectivity index (χ3n) is 4.53. The van der Waals surface area contributed by atoms with Crippen LogP contribution in [0.5, 0.6) is 0 Å². The van der Waals surface area contributed by atoms with Crippen molar-refractivity contribution in [1.82, 2.24) is 14.7 Å². The summed E-state index contributed by atoms with van der Waals surface area (Å²) in [7, 11) is 0. The number of unbranched alkanes of at least 4 members (excludes halogenated alkanes) is 1. The fourth-order valence-electron chi connectivity index (χ4n) is 2.96.